The first-order valence-corrected chi connectivity index (χ1v) is 4.06. The quantitative estimate of drug-likeness (QED) is 0.806. The molecule has 0 unspecified atom stereocenters. The Balaban J connectivity index is 2.84. The molecule has 0 saturated heterocycles. The zero-order valence-corrected chi connectivity index (χ0v) is 7.56. The number of fused-ring (bicyclic) bond motifs is 1. The standard InChI is InChI=1S/C8H4F3N3O2/c9-8(10,11)4-2-1-3-5-12-13-6(7(15)16)14(4)5/h1-3H,(H,15,16). The lowest BCUT2D eigenvalue weighted by Gasteiger charge is -2.09. The number of rotatable bonds is 1. The summed E-state index contributed by atoms with van der Waals surface area (Å²) in [6, 6.07) is 3.15. The molecule has 0 bridgehead atoms. The Hall–Kier alpha value is -2.12. The summed E-state index contributed by atoms with van der Waals surface area (Å²) in [6.45, 7) is 0. The Morgan fingerprint density at radius 2 is 2.00 bits per heavy atom. The highest BCUT2D eigenvalue weighted by atomic mass is 19.4. The summed E-state index contributed by atoms with van der Waals surface area (Å²) in [5, 5.41) is 15.2. The monoisotopic (exact) mass is 231 g/mol. The van der Waals surface area contributed by atoms with E-state index < -0.39 is 23.7 Å². The number of aromatic nitrogens is 3. The third-order valence-corrected chi connectivity index (χ3v) is 1.91. The van der Waals surface area contributed by atoms with Crippen LogP contribution in [-0.4, -0.2) is 25.7 Å². The molecule has 0 aliphatic rings. The molecule has 1 N–H and O–H groups in total. The van der Waals surface area contributed by atoms with E-state index >= 15 is 0 Å². The molecule has 0 radical (unpaired) electrons. The van der Waals surface area contributed by atoms with Crippen molar-refractivity contribution in [3.63, 3.8) is 0 Å². The summed E-state index contributed by atoms with van der Waals surface area (Å²) in [7, 11) is 0. The summed E-state index contributed by atoms with van der Waals surface area (Å²) in [5.41, 5.74) is -1.28. The minimum absolute atomic E-state index is 0.160. The van der Waals surface area contributed by atoms with E-state index in [1.807, 2.05) is 0 Å². The van der Waals surface area contributed by atoms with Gasteiger partial charge in [-0.05, 0) is 12.1 Å². The fraction of sp³-hybridized carbons (Fsp3) is 0.125. The van der Waals surface area contributed by atoms with Crippen molar-refractivity contribution in [1.82, 2.24) is 14.6 Å². The number of carboxylic acids is 1. The number of halogens is 3. The summed E-state index contributed by atoms with van der Waals surface area (Å²) in [6.07, 6.45) is -4.66. The number of hydrogen-bond acceptors (Lipinski definition) is 3. The van der Waals surface area contributed by atoms with Gasteiger partial charge in [-0.3, -0.25) is 4.40 Å². The van der Waals surface area contributed by atoms with Crippen LogP contribution in [0.25, 0.3) is 5.65 Å². The Morgan fingerprint density at radius 3 is 2.56 bits per heavy atom. The van der Waals surface area contributed by atoms with Gasteiger partial charge in [-0.25, -0.2) is 4.79 Å². The van der Waals surface area contributed by atoms with E-state index in [-0.39, 0.29) is 5.65 Å². The third kappa shape index (κ3) is 1.47. The van der Waals surface area contributed by atoms with E-state index in [1.54, 1.807) is 0 Å². The van der Waals surface area contributed by atoms with E-state index in [4.69, 9.17) is 5.11 Å². The maximum Gasteiger partial charge on any atom is 0.431 e. The Kier molecular flexibility index (Phi) is 2.07. The van der Waals surface area contributed by atoms with E-state index in [0.29, 0.717) is 4.40 Å². The highest BCUT2D eigenvalue weighted by molar-refractivity contribution is 5.84. The minimum atomic E-state index is -4.66. The van der Waals surface area contributed by atoms with Crippen molar-refractivity contribution in [2.45, 2.75) is 6.18 Å². The van der Waals surface area contributed by atoms with Gasteiger partial charge in [0.2, 0.25) is 5.82 Å². The van der Waals surface area contributed by atoms with Crippen molar-refractivity contribution in [2.75, 3.05) is 0 Å². The van der Waals surface area contributed by atoms with Crippen LogP contribution >= 0.6 is 0 Å². The molecule has 8 heteroatoms. The molecule has 0 amide bonds. The maximum atomic E-state index is 12.6. The molecule has 0 fully saturated rings. The van der Waals surface area contributed by atoms with Crippen molar-refractivity contribution in [3.05, 3.63) is 29.7 Å². The smallest absolute Gasteiger partial charge is 0.431 e. The number of nitrogens with zero attached hydrogens (tertiary/aromatic N) is 3. The lowest BCUT2D eigenvalue weighted by atomic mass is 10.3. The van der Waals surface area contributed by atoms with Gasteiger partial charge in [-0.2, -0.15) is 13.2 Å². The second-order valence-corrected chi connectivity index (χ2v) is 2.93. The minimum Gasteiger partial charge on any atom is -0.475 e. The fourth-order valence-electron chi connectivity index (χ4n) is 1.30. The molecule has 5 nitrogen and oxygen atoms in total. The molecular weight excluding hydrogens is 227 g/mol. The van der Waals surface area contributed by atoms with Gasteiger partial charge >= 0.3 is 12.1 Å². The first-order valence-electron chi connectivity index (χ1n) is 4.06. The van der Waals surface area contributed by atoms with Gasteiger partial charge in [0.05, 0.1) is 0 Å². The van der Waals surface area contributed by atoms with E-state index in [0.717, 1.165) is 12.1 Å². The Morgan fingerprint density at radius 1 is 1.31 bits per heavy atom. The average molecular weight is 231 g/mol. The zero-order chi connectivity index (χ0) is 11.9. The Labute approximate surface area is 86.1 Å². The highest BCUT2D eigenvalue weighted by Crippen LogP contribution is 2.29. The summed E-state index contributed by atoms with van der Waals surface area (Å²) < 4.78 is 38.2. The maximum absolute atomic E-state index is 12.6. The van der Waals surface area contributed by atoms with Crippen LogP contribution in [0.3, 0.4) is 0 Å². The predicted octanol–water partition coefficient (Wildman–Crippen LogP) is 1.45. The van der Waals surface area contributed by atoms with E-state index in [2.05, 4.69) is 10.2 Å². The first-order chi connectivity index (χ1) is 7.41. The summed E-state index contributed by atoms with van der Waals surface area (Å²) in [5.74, 6) is -2.33. The normalized spacial score (nSPS) is 11.9. The molecular formula is C8H4F3N3O2. The number of alkyl halides is 3. The molecule has 84 valence electrons. The number of aromatic carboxylic acids is 1. The molecule has 0 saturated carbocycles. The van der Waals surface area contributed by atoms with Crippen LogP contribution in [0, 0.1) is 0 Å². The largest absolute Gasteiger partial charge is 0.475 e. The molecule has 2 aromatic heterocycles. The molecule has 0 spiro atoms. The van der Waals surface area contributed by atoms with Crippen molar-refractivity contribution in [1.29, 1.82) is 0 Å². The van der Waals surface area contributed by atoms with Crippen LogP contribution in [0.5, 0.6) is 0 Å². The molecule has 0 aromatic carbocycles. The van der Waals surface area contributed by atoms with E-state index in [1.165, 1.54) is 6.07 Å². The molecule has 2 heterocycles. The average Bonchev–Trinajstić information content (AvgIpc) is 2.58. The van der Waals surface area contributed by atoms with Crippen LogP contribution in [0.1, 0.15) is 16.3 Å². The molecule has 0 atom stereocenters. The van der Waals surface area contributed by atoms with Crippen molar-refractivity contribution in [3.8, 4) is 0 Å². The fourth-order valence-corrected chi connectivity index (χ4v) is 1.30. The molecule has 2 rings (SSSR count). The van der Waals surface area contributed by atoms with Gasteiger partial charge in [0.15, 0.2) is 5.65 Å². The number of carbonyl (C=O) groups is 1. The lowest BCUT2D eigenvalue weighted by molar-refractivity contribution is -0.142. The summed E-state index contributed by atoms with van der Waals surface area (Å²) in [4.78, 5) is 10.7. The molecule has 0 aliphatic heterocycles. The third-order valence-electron chi connectivity index (χ3n) is 1.91. The topological polar surface area (TPSA) is 67.5 Å². The van der Waals surface area contributed by atoms with Crippen LogP contribution in [0.2, 0.25) is 0 Å². The van der Waals surface area contributed by atoms with Crippen molar-refractivity contribution >= 4 is 11.6 Å². The Bertz CT molecular complexity index is 561. The van der Waals surface area contributed by atoms with Gasteiger partial charge in [0.25, 0.3) is 0 Å². The lowest BCUT2D eigenvalue weighted by Crippen LogP contribution is -2.15. The van der Waals surface area contributed by atoms with Crippen molar-refractivity contribution in [2.24, 2.45) is 0 Å². The van der Waals surface area contributed by atoms with Crippen LogP contribution in [0.4, 0.5) is 13.2 Å². The van der Waals surface area contributed by atoms with Gasteiger partial charge in [-0.1, -0.05) is 6.07 Å². The molecule has 2 aromatic rings. The van der Waals surface area contributed by atoms with Crippen LogP contribution < -0.4 is 0 Å². The number of carboxylic acid groups (broad SMARTS) is 1. The SMILES string of the molecule is O=C(O)c1nnc2cccc(C(F)(F)F)n12. The molecule has 0 aliphatic carbocycles. The highest BCUT2D eigenvalue weighted by Gasteiger charge is 2.35. The summed E-state index contributed by atoms with van der Waals surface area (Å²) >= 11 is 0. The number of pyridine rings is 1. The van der Waals surface area contributed by atoms with Gasteiger partial charge in [-0.15, -0.1) is 10.2 Å². The van der Waals surface area contributed by atoms with Crippen molar-refractivity contribution < 1.29 is 23.1 Å². The molecule has 16 heavy (non-hydrogen) atoms. The first kappa shape index (κ1) is 10.4. The zero-order valence-electron chi connectivity index (χ0n) is 7.56. The van der Waals surface area contributed by atoms with Gasteiger partial charge in [0.1, 0.15) is 5.69 Å². The second-order valence-electron chi connectivity index (χ2n) is 2.93. The number of hydrogen-bond donors (Lipinski definition) is 1. The van der Waals surface area contributed by atoms with Gasteiger partial charge in [0, 0.05) is 0 Å². The van der Waals surface area contributed by atoms with E-state index in [9.17, 15) is 18.0 Å². The second kappa shape index (κ2) is 3.19. The van der Waals surface area contributed by atoms with Gasteiger partial charge < -0.3 is 5.11 Å². The predicted molar refractivity (Wildman–Crippen MR) is 44.9 cm³/mol. The van der Waals surface area contributed by atoms with Crippen LogP contribution in [0.15, 0.2) is 18.2 Å². The van der Waals surface area contributed by atoms with Crippen LogP contribution in [-0.2, 0) is 6.18 Å².